The van der Waals surface area contributed by atoms with Crippen molar-refractivity contribution >= 4 is 35.1 Å². The van der Waals surface area contributed by atoms with E-state index in [0.29, 0.717) is 28.3 Å². The maximum absolute atomic E-state index is 12.6. The Bertz CT molecular complexity index is 1310. The molecule has 2 heterocycles. The normalized spacial score (nSPS) is 11.1. The van der Waals surface area contributed by atoms with Gasteiger partial charge in [-0.25, -0.2) is 9.67 Å². The molecule has 0 fully saturated rings. The lowest BCUT2D eigenvalue weighted by atomic mass is 10.0. The van der Waals surface area contributed by atoms with Crippen LogP contribution in [-0.2, 0) is 13.2 Å². The van der Waals surface area contributed by atoms with Crippen LogP contribution in [0.4, 0.5) is 5.95 Å². The van der Waals surface area contributed by atoms with Crippen LogP contribution >= 0.6 is 23.2 Å². The van der Waals surface area contributed by atoms with Crippen molar-refractivity contribution in [1.82, 2.24) is 14.8 Å². The largest absolute Gasteiger partial charge is 0.485 e. The summed E-state index contributed by atoms with van der Waals surface area (Å²) in [6.45, 7) is 6.90. The minimum atomic E-state index is -0.447. The van der Waals surface area contributed by atoms with E-state index >= 15 is 0 Å². The van der Waals surface area contributed by atoms with Gasteiger partial charge in [0.2, 0.25) is 5.95 Å². The van der Waals surface area contributed by atoms with Gasteiger partial charge >= 0.3 is 0 Å². The fourth-order valence-electron chi connectivity index (χ4n) is 3.39. The highest BCUT2D eigenvalue weighted by atomic mass is 35.5. The SMILES string of the molecule is Cc1ccc(C(C)C)c(OCc2ccc(C(=O)Nc3ncn(Cc4ccc(Cl)c(Cl)c4)n3)o2)c1. The number of rotatable bonds is 8. The Balaban J connectivity index is 1.36. The number of carbonyl (C=O) groups is 1. The number of hydrogen-bond acceptors (Lipinski definition) is 5. The monoisotopic (exact) mass is 498 g/mol. The highest BCUT2D eigenvalue weighted by molar-refractivity contribution is 6.42. The van der Waals surface area contributed by atoms with Crippen molar-refractivity contribution in [2.45, 2.75) is 39.8 Å². The second-order valence-electron chi connectivity index (χ2n) is 8.22. The van der Waals surface area contributed by atoms with Crippen molar-refractivity contribution in [3.63, 3.8) is 0 Å². The van der Waals surface area contributed by atoms with Gasteiger partial charge in [-0.3, -0.25) is 10.1 Å². The van der Waals surface area contributed by atoms with Crippen molar-refractivity contribution < 1.29 is 13.9 Å². The molecule has 9 heteroatoms. The van der Waals surface area contributed by atoms with Crippen molar-refractivity contribution in [1.29, 1.82) is 0 Å². The number of amides is 1. The number of ether oxygens (including phenoxy) is 1. The first-order valence-corrected chi connectivity index (χ1v) is 11.5. The van der Waals surface area contributed by atoms with E-state index in [4.69, 9.17) is 32.4 Å². The number of nitrogens with zero attached hydrogens (tertiary/aromatic N) is 3. The van der Waals surface area contributed by atoms with Crippen molar-refractivity contribution in [2.75, 3.05) is 5.32 Å². The number of carbonyl (C=O) groups excluding carboxylic acids is 1. The summed E-state index contributed by atoms with van der Waals surface area (Å²) in [6.07, 6.45) is 1.52. The van der Waals surface area contributed by atoms with E-state index in [9.17, 15) is 4.79 Å². The molecule has 34 heavy (non-hydrogen) atoms. The molecule has 1 N–H and O–H groups in total. The van der Waals surface area contributed by atoms with Crippen molar-refractivity contribution in [3.05, 3.63) is 93.1 Å². The van der Waals surface area contributed by atoms with Gasteiger partial charge in [-0.1, -0.05) is 55.2 Å². The Hall–Kier alpha value is -3.29. The Morgan fingerprint density at radius 1 is 1.12 bits per heavy atom. The van der Waals surface area contributed by atoms with E-state index in [1.807, 2.05) is 19.1 Å². The third kappa shape index (κ3) is 5.79. The molecule has 7 nitrogen and oxygen atoms in total. The summed E-state index contributed by atoms with van der Waals surface area (Å²) in [5, 5.41) is 7.86. The maximum Gasteiger partial charge on any atom is 0.293 e. The molecule has 0 bridgehead atoms. The van der Waals surface area contributed by atoms with E-state index in [-0.39, 0.29) is 18.3 Å². The molecule has 1 amide bonds. The van der Waals surface area contributed by atoms with Crippen molar-refractivity contribution in [2.24, 2.45) is 0 Å². The number of furan rings is 1. The van der Waals surface area contributed by atoms with Crippen molar-refractivity contribution in [3.8, 4) is 5.75 Å². The molecule has 0 radical (unpaired) electrons. The number of aryl methyl sites for hydroxylation is 1. The lowest BCUT2D eigenvalue weighted by Gasteiger charge is -2.14. The number of hydrogen-bond donors (Lipinski definition) is 1. The molecule has 0 aliphatic heterocycles. The number of anilines is 1. The average Bonchev–Trinajstić information content (AvgIpc) is 3.44. The number of benzene rings is 2. The lowest BCUT2D eigenvalue weighted by Crippen LogP contribution is -2.12. The molecule has 0 aliphatic carbocycles. The lowest BCUT2D eigenvalue weighted by molar-refractivity contribution is 0.0991. The van der Waals surface area contributed by atoms with Gasteiger partial charge in [0.15, 0.2) is 5.76 Å². The molecule has 0 atom stereocenters. The van der Waals surface area contributed by atoms with Gasteiger partial charge in [-0.05, 0) is 59.9 Å². The number of nitrogens with one attached hydrogen (secondary N) is 1. The minimum absolute atomic E-state index is 0.146. The molecule has 0 aliphatic rings. The first-order valence-electron chi connectivity index (χ1n) is 10.8. The molecular formula is C25H24Cl2N4O3. The van der Waals surface area contributed by atoms with E-state index in [2.05, 4.69) is 41.4 Å². The Kier molecular flexibility index (Phi) is 7.24. The zero-order valence-corrected chi connectivity index (χ0v) is 20.5. The van der Waals surface area contributed by atoms with Gasteiger partial charge in [0.25, 0.3) is 5.91 Å². The summed E-state index contributed by atoms with van der Waals surface area (Å²) in [5.74, 6) is 1.55. The van der Waals surface area contributed by atoms with Crippen LogP contribution in [0.25, 0.3) is 0 Å². The van der Waals surface area contributed by atoms with Crippen LogP contribution in [0.2, 0.25) is 10.0 Å². The van der Waals surface area contributed by atoms with Crippen LogP contribution in [0, 0.1) is 6.92 Å². The molecule has 2 aromatic carbocycles. The molecule has 0 saturated carbocycles. The molecule has 0 spiro atoms. The quantitative estimate of drug-likeness (QED) is 0.300. The standard InChI is InChI=1S/C25H24Cl2N4O3/c1-15(2)19-7-4-16(3)10-23(19)33-13-18-6-9-22(34-18)24(32)29-25-28-14-31(30-25)12-17-5-8-20(26)21(27)11-17/h4-11,14-15H,12-13H2,1-3H3,(H,29,30,32). The zero-order chi connectivity index (χ0) is 24.2. The second kappa shape index (κ2) is 10.3. The summed E-state index contributed by atoms with van der Waals surface area (Å²) in [4.78, 5) is 16.7. The Labute approximate surface area is 207 Å². The van der Waals surface area contributed by atoms with E-state index < -0.39 is 5.91 Å². The first-order chi connectivity index (χ1) is 16.3. The summed E-state index contributed by atoms with van der Waals surface area (Å²) < 4.78 is 13.2. The summed E-state index contributed by atoms with van der Waals surface area (Å²) >= 11 is 12.0. The Morgan fingerprint density at radius 2 is 1.94 bits per heavy atom. The topological polar surface area (TPSA) is 82.2 Å². The van der Waals surface area contributed by atoms with E-state index in [1.54, 1.807) is 28.9 Å². The van der Waals surface area contributed by atoms with Crippen LogP contribution in [0.5, 0.6) is 5.75 Å². The maximum atomic E-state index is 12.6. The number of aromatic nitrogens is 3. The third-order valence-corrected chi connectivity index (χ3v) is 5.88. The van der Waals surface area contributed by atoms with Gasteiger partial charge in [0.1, 0.15) is 24.4 Å². The average molecular weight is 499 g/mol. The van der Waals surface area contributed by atoms with E-state index in [0.717, 1.165) is 22.4 Å². The Morgan fingerprint density at radius 3 is 2.71 bits per heavy atom. The summed E-state index contributed by atoms with van der Waals surface area (Å²) in [5.41, 5.74) is 3.14. The predicted octanol–water partition coefficient (Wildman–Crippen LogP) is 6.49. The zero-order valence-electron chi connectivity index (χ0n) is 19.0. The molecule has 0 saturated heterocycles. The van der Waals surface area contributed by atoms with Gasteiger partial charge in [0.05, 0.1) is 16.6 Å². The van der Waals surface area contributed by atoms with Crippen LogP contribution in [-0.4, -0.2) is 20.7 Å². The fraction of sp³-hybridized carbons (Fsp3) is 0.240. The van der Waals surface area contributed by atoms with Gasteiger partial charge < -0.3 is 9.15 Å². The molecule has 4 aromatic rings. The van der Waals surface area contributed by atoms with Gasteiger partial charge in [-0.2, -0.15) is 0 Å². The van der Waals surface area contributed by atoms with Crippen LogP contribution < -0.4 is 10.1 Å². The predicted molar refractivity (Wildman–Crippen MR) is 132 cm³/mol. The van der Waals surface area contributed by atoms with Crippen LogP contribution in [0.3, 0.4) is 0 Å². The molecular weight excluding hydrogens is 475 g/mol. The molecule has 176 valence electrons. The molecule has 0 unspecified atom stereocenters. The fourth-order valence-corrected chi connectivity index (χ4v) is 3.71. The first kappa shape index (κ1) is 23.9. The smallest absolute Gasteiger partial charge is 0.293 e. The van der Waals surface area contributed by atoms with Gasteiger partial charge in [0, 0.05) is 0 Å². The van der Waals surface area contributed by atoms with E-state index in [1.165, 1.54) is 6.33 Å². The van der Waals surface area contributed by atoms with Crippen LogP contribution in [0.1, 0.15) is 52.8 Å². The highest BCUT2D eigenvalue weighted by Gasteiger charge is 2.15. The minimum Gasteiger partial charge on any atom is -0.485 e. The highest BCUT2D eigenvalue weighted by Crippen LogP contribution is 2.28. The molecule has 4 rings (SSSR count). The van der Waals surface area contributed by atoms with Crippen LogP contribution in [0.15, 0.2) is 59.3 Å². The number of halogens is 2. The van der Waals surface area contributed by atoms with Gasteiger partial charge in [-0.15, -0.1) is 5.10 Å². The summed E-state index contributed by atoms with van der Waals surface area (Å²) in [6, 6.07) is 14.8. The second-order valence-corrected chi connectivity index (χ2v) is 9.03. The summed E-state index contributed by atoms with van der Waals surface area (Å²) in [7, 11) is 0. The molecule has 2 aromatic heterocycles. The third-order valence-electron chi connectivity index (χ3n) is 5.14.